The third kappa shape index (κ3) is 4.84. The summed E-state index contributed by atoms with van der Waals surface area (Å²) in [6.07, 6.45) is 6.93. The van der Waals surface area contributed by atoms with Gasteiger partial charge in [-0.15, -0.1) is 0 Å². The van der Waals surface area contributed by atoms with Crippen LogP contribution in [0.25, 0.3) is 0 Å². The Morgan fingerprint density at radius 3 is 2.41 bits per heavy atom. The molecule has 142 valence electrons. The van der Waals surface area contributed by atoms with Crippen molar-refractivity contribution in [1.82, 2.24) is 5.43 Å². The van der Waals surface area contributed by atoms with Crippen LogP contribution in [-0.2, 0) is 4.79 Å². The highest BCUT2D eigenvalue weighted by molar-refractivity contribution is 6.01. The molecule has 2 aromatic rings. The van der Waals surface area contributed by atoms with Gasteiger partial charge in [0.05, 0.1) is 17.5 Å². The SMILES string of the molecule is C/C(=N\NC(=O)c1ccoc1C)c1ccc(NC(=O)C2CCCCC2)cc1. The van der Waals surface area contributed by atoms with Gasteiger partial charge in [0.25, 0.3) is 5.91 Å². The molecule has 0 unspecified atom stereocenters. The largest absolute Gasteiger partial charge is 0.469 e. The molecule has 1 saturated carbocycles. The molecule has 1 aromatic heterocycles. The summed E-state index contributed by atoms with van der Waals surface area (Å²) in [5, 5.41) is 7.14. The van der Waals surface area contributed by atoms with Crippen LogP contribution in [-0.4, -0.2) is 17.5 Å². The number of nitrogens with one attached hydrogen (secondary N) is 2. The Morgan fingerprint density at radius 2 is 1.78 bits per heavy atom. The molecule has 1 aromatic carbocycles. The Morgan fingerprint density at radius 1 is 1.07 bits per heavy atom. The Hall–Kier alpha value is -2.89. The van der Waals surface area contributed by atoms with Crippen molar-refractivity contribution in [2.45, 2.75) is 46.0 Å². The number of furan rings is 1. The van der Waals surface area contributed by atoms with Crippen molar-refractivity contribution in [2.24, 2.45) is 11.0 Å². The number of nitrogens with zero attached hydrogens (tertiary/aromatic N) is 1. The lowest BCUT2D eigenvalue weighted by atomic mass is 9.88. The normalized spacial score (nSPS) is 15.4. The van der Waals surface area contributed by atoms with Crippen molar-refractivity contribution in [2.75, 3.05) is 5.32 Å². The van der Waals surface area contributed by atoms with Gasteiger partial charge in [-0.25, -0.2) is 5.43 Å². The molecule has 6 nitrogen and oxygen atoms in total. The van der Waals surface area contributed by atoms with Gasteiger partial charge in [0, 0.05) is 11.6 Å². The second-order valence-corrected chi connectivity index (χ2v) is 6.93. The standard InChI is InChI=1S/C21H25N3O3/c1-14(23-24-21(26)19-12-13-27-15(19)2)16-8-10-18(11-9-16)22-20(25)17-6-4-3-5-7-17/h8-13,17H,3-7H2,1-2H3,(H,22,25)(H,24,26)/b23-14+. The highest BCUT2D eigenvalue weighted by Gasteiger charge is 2.21. The first-order valence-corrected chi connectivity index (χ1v) is 9.34. The minimum absolute atomic E-state index is 0.107. The third-order valence-electron chi connectivity index (χ3n) is 4.97. The molecule has 0 atom stereocenters. The number of hydrazone groups is 1. The smallest absolute Gasteiger partial charge is 0.274 e. The molecule has 0 spiro atoms. The molecule has 0 radical (unpaired) electrons. The number of hydrogen-bond acceptors (Lipinski definition) is 4. The van der Waals surface area contributed by atoms with Gasteiger partial charge in [-0.3, -0.25) is 9.59 Å². The molecule has 1 aliphatic carbocycles. The van der Waals surface area contributed by atoms with Crippen LogP contribution < -0.4 is 10.7 Å². The molecular formula is C21H25N3O3. The van der Waals surface area contributed by atoms with E-state index in [-0.39, 0.29) is 17.7 Å². The summed E-state index contributed by atoms with van der Waals surface area (Å²) in [5.74, 6) is 0.481. The van der Waals surface area contributed by atoms with Crippen LogP contribution in [0.1, 0.15) is 60.7 Å². The Labute approximate surface area is 159 Å². The number of hydrogen-bond donors (Lipinski definition) is 2. The minimum Gasteiger partial charge on any atom is -0.469 e. The average Bonchev–Trinajstić information content (AvgIpc) is 3.13. The van der Waals surface area contributed by atoms with E-state index in [9.17, 15) is 9.59 Å². The molecule has 0 bridgehead atoms. The molecule has 2 amide bonds. The maximum atomic E-state index is 12.3. The summed E-state index contributed by atoms with van der Waals surface area (Å²) in [5.41, 5.74) is 5.32. The van der Waals surface area contributed by atoms with Gasteiger partial charge in [-0.1, -0.05) is 31.4 Å². The quantitative estimate of drug-likeness (QED) is 0.612. The lowest BCUT2D eigenvalue weighted by Crippen LogP contribution is -2.24. The van der Waals surface area contributed by atoms with Crippen LogP contribution in [0.15, 0.2) is 46.1 Å². The van der Waals surface area contributed by atoms with Gasteiger partial charge >= 0.3 is 0 Å². The zero-order valence-electron chi connectivity index (χ0n) is 15.7. The van der Waals surface area contributed by atoms with E-state index in [1.165, 1.54) is 12.7 Å². The van der Waals surface area contributed by atoms with Crippen LogP contribution >= 0.6 is 0 Å². The molecule has 6 heteroatoms. The number of amides is 2. The predicted octanol–water partition coefficient (Wildman–Crippen LogP) is 4.26. The summed E-state index contributed by atoms with van der Waals surface area (Å²) in [4.78, 5) is 24.4. The molecule has 1 fully saturated rings. The Kier molecular flexibility index (Phi) is 6.06. The van der Waals surface area contributed by atoms with E-state index < -0.39 is 0 Å². The van der Waals surface area contributed by atoms with Crippen molar-refractivity contribution >= 4 is 23.2 Å². The van der Waals surface area contributed by atoms with Crippen molar-refractivity contribution in [3.63, 3.8) is 0 Å². The van der Waals surface area contributed by atoms with Crippen LogP contribution in [0.5, 0.6) is 0 Å². The van der Waals surface area contributed by atoms with Crippen molar-refractivity contribution in [1.29, 1.82) is 0 Å². The molecule has 1 aliphatic rings. The Balaban J connectivity index is 1.58. The van der Waals surface area contributed by atoms with E-state index in [1.807, 2.05) is 31.2 Å². The lowest BCUT2D eigenvalue weighted by Gasteiger charge is -2.20. The highest BCUT2D eigenvalue weighted by Crippen LogP contribution is 2.25. The molecule has 0 aliphatic heterocycles. The second kappa shape index (κ2) is 8.66. The fourth-order valence-electron chi connectivity index (χ4n) is 3.28. The number of benzene rings is 1. The van der Waals surface area contributed by atoms with Gasteiger partial charge in [0.1, 0.15) is 5.76 Å². The van der Waals surface area contributed by atoms with Crippen LogP contribution in [0.4, 0.5) is 5.69 Å². The summed E-state index contributed by atoms with van der Waals surface area (Å²) >= 11 is 0. The summed E-state index contributed by atoms with van der Waals surface area (Å²) in [7, 11) is 0. The molecular weight excluding hydrogens is 342 g/mol. The minimum atomic E-state index is -0.308. The van der Waals surface area contributed by atoms with Crippen LogP contribution in [0.2, 0.25) is 0 Å². The molecule has 1 heterocycles. The van der Waals surface area contributed by atoms with E-state index in [2.05, 4.69) is 15.8 Å². The maximum absolute atomic E-state index is 12.3. The van der Waals surface area contributed by atoms with Crippen LogP contribution in [0, 0.1) is 12.8 Å². The fraction of sp³-hybridized carbons (Fsp3) is 0.381. The summed E-state index contributed by atoms with van der Waals surface area (Å²) in [6.45, 7) is 3.55. The molecule has 0 saturated heterocycles. The maximum Gasteiger partial charge on any atom is 0.274 e. The van der Waals surface area contributed by atoms with Gasteiger partial charge in [0.15, 0.2) is 0 Å². The predicted molar refractivity (Wildman–Crippen MR) is 105 cm³/mol. The first-order chi connectivity index (χ1) is 13.0. The molecule has 3 rings (SSSR count). The van der Waals surface area contributed by atoms with E-state index >= 15 is 0 Å². The zero-order valence-corrected chi connectivity index (χ0v) is 15.7. The number of carbonyl (C=O) groups excluding carboxylic acids is 2. The monoisotopic (exact) mass is 367 g/mol. The number of carbonyl (C=O) groups is 2. The average molecular weight is 367 g/mol. The van der Waals surface area contributed by atoms with E-state index in [4.69, 9.17) is 4.42 Å². The van der Waals surface area contributed by atoms with Crippen molar-refractivity contribution < 1.29 is 14.0 Å². The number of aryl methyl sites for hydroxylation is 1. The topological polar surface area (TPSA) is 83.7 Å². The zero-order chi connectivity index (χ0) is 19.2. The second-order valence-electron chi connectivity index (χ2n) is 6.93. The van der Waals surface area contributed by atoms with Crippen LogP contribution in [0.3, 0.4) is 0 Å². The number of rotatable bonds is 5. The van der Waals surface area contributed by atoms with E-state index in [0.29, 0.717) is 17.0 Å². The van der Waals surface area contributed by atoms with Gasteiger partial charge in [0.2, 0.25) is 5.91 Å². The Bertz CT molecular complexity index is 831. The van der Waals surface area contributed by atoms with Gasteiger partial charge in [-0.2, -0.15) is 5.10 Å². The fourth-order valence-corrected chi connectivity index (χ4v) is 3.28. The van der Waals surface area contributed by atoms with Gasteiger partial charge in [-0.05, 0) is 50.5 Å². The highest BCUT2D eigenvalue weighted by atomic mass is 16.3. The third-order valence-corrected chi connectivity index (χ3v) is 4.97. The van der Waals surface area contributed by atoms with Crippen molar-refractivity contribution in [3.8, 4) is 0 Å². The van der Waals surface area contributed by atoms with E-state index in [1.54, 1.807) is 13.0 Å². The molecule has 2 N–H and O–H groups in total. The van der Waals surface area contributed by atoms with Gasteiger partial charge < -0.3 is 9.73 Å². The van der Waals surface area contributed by atoms with Crippen molar-refractivity contribution in [3.05, 3.63) is 53.5 Å². The first kappa shape index (κ1) is 18.9. The summed E-state index contributed by atoms with van der Waals surface area (Å²) in [6, 6.07) is 9.09. The number of anilines is 1. The molecule has 27 heavy (non-hydrogen) atoms. The van der Waals surface area contributed by atoms with E-state index in [0.717, 1.165) is 36.9 Å². The first-order valence-electron chi connectivity index (χ1n) is 9.34. The summed E-state index contributed by atoms with van der Waals surface area (Å²) < 4.78 is 5.12. The lowest BCUT2D eigenvalue weighted by molar-refractivity contribution is -0.120.